The number of guanidine groups is 1. The Hall–Kier alpha value is -2.59. The molecular formula is C19H20ClF2N5O2S. The molecule has 1 aromatic heterocycles. The van der Waals surface area contributed by atoms with Crippen molar-refractivity contribution in [2.45, 2.75) is 31.1 Å². The van der Waals surface area contributed by atoms with Gasteiger partial charge in [0.1, 0.15) is 27.0 Å². The lowest BCUT2D eigenvalue weighted by atomic mass is 9.80. The lowest BCUT2D eigenvalue weighted by molar-refractivity contribution is 0.327. The lowest BCUT2D eigenvalue weighted by Crippen LogP contribution is -2.62. The van der Waals surface area contributed by atoms with Gasteiger partial charge in [-0.15, -0.1) is 0 Å². The first-order valence-corrected chi connectivity index (χ1v) is 10.6. The van der Waals surface area contributed by atoms with Crippen molar-refractivity contribution in [2.75, 3.05) is 7.05 Å². The Balaban J connectivity index is 2.16. The molecule has 0 fully saturated rings. The third kappa shape index (κ3) is 3.33. The van der Waals surface area contributed by atoms with Crippen molar-refractivity contribution in [3.8, 4) is 0 Å². The SMILES string of the molecule is CN1C(N)=N[C@](C)(c2cc(/C=C(\F)c3cnc(Cl)cn3)ccc2F)C(C)(C)S1(=O)=O. The minimum atomic E-state index is -3.95. The fourth-order valence-electron chi connectivity index (χ4n) is 3.20. The molecule has 1 atom stereocenters. The highest BCUT2D eigenvalue weighted by Gasteiger charge is 2.57. The second-order valence-electron chi connectivity index (χ2n) is 7.48. The Labute approximate surface area is 178 Å². The number of hydrogen-bond donors (Lipinski definition) is 1. The van der Waals surface area contributed by atoms with Crippen LogP contribution in [0.4, 0.5) is 8.78 Å². The summed E-state index contributed by atoms with van der Waals surface area (Å²) < 4.78 is 54.7. The maximum Gasteiger partial charge on any atom is 0.245 e. The first-order chi connectivity index (χ1) is 13.8. The maximum atomic E-state index is 14.9. The molecule has 1 aliphatic rings. The summed E-state index contributed by atoms with van der Waals surface area (Å²) in [7, 11) is -2.67. The van der Waals surface area contributed by atoms with Gasteiger partial charge in [-0.25, -0.2) is 36.5 Å². The first-order valence-electron chi connectivity index (χ1n) is 8.80. The van der Waals surface area contributed by atoms with Crippen molar-refractivity contribution >= 4 is 39.5 Å². The highest BCUT2D eigenvalue weighted by molar-refractivity contribution is 7.91. The van der Waals surface area contributed by atoms with Crippen LogP contribution in [0.2, 0.25) is 5.15 Å². The molecule has 0 amide bonds. The zero-order valence-electron chi connectivity index (χ0n) is 16.7. The number of rotatable bonds is 3. The van der Waals surface area contributed by atoms with Crippen molar-refractivity contribution < 1.29 is 17.2 Å². The summed E-state index contributed by atoms with van der Waals surface area (Å²) in [6.07, 6.45) is 3.50. The maximum absolute atomic E-state index is 14.9. The molecule has 160 valence electrons. The van der Waals surface area contributed by atoms with E-state index in [0.717, 1.165) is 22.6 Å². The van der Waals surface area contributed by atoms with Crippen molar-refractivity contribution in [3.05, 3.63) is 58.4 Å². The number of nitrogens with two attached hydrogens (primary N) is 1. The van der Waals surface area contributed by atoms with Crippen molar-refractivity contribution in [2.24, 2.45) is 10.7 Å². The van der Waals surface area contributed by atoms with E-state index < -0.39 is 32.0 Å². The summed E-state index contributed by atoms with van der Waals surface area (Å²) in [4.78, 5) is 11.9. The van der Waals surface area contributed by atoms with Crippen LogP contribution in [0.1, 0.15) is 37.6 Å². The molecule has 0 spiro atoms. The molecule has 30 heavy (non-hydrogen) atoms. The second-order valence-corrected chi connectivity index (χ2v) is 10.4. The first kappa shape index (κ1) is 22.1. The molecule has 1 aromatic carbocycles. The van der Waals surface area contributed by atoms with Crippen molar-refractivity contribution in [1.82, 2.24) is 14.3 Å². The predicted molar refractivity (Wildman–Crippen MR) is 112 cm³/mol. The van der Waals surface area contributed by atoms with Crippen molar-refractivity contribution in [1.29, 1.82) is 0 Å². The number of benzene rings is 1. The molecule has 0 bridgehead atoms. The number of aliphatic imine (C=N–C) groups is 1. The van der Waals surface area contributed by atoms with Gasteiger partial charge in [0, 0.05) is 12.6 Å². The van der Waals surface area contributed by atoms with Gasteiger partial charge < -0.3 is 5.73 Å². The number of sulfonamides is 1. The minimum absolute atomic E-state index is 0.0316. The van der Waals surface area contributed by atoms with Gasteiger partial charge in [0.05, 0.1) is 12.4 Å². The highest BCUT2D eigenvalue weighted by atomic mass is 35.5. The van der Waals surface area contributed by atoms with Crippen LogP contribution in [-0.4, -0.2) is 40.4 Å². The van der Waals surface area contributed by atoms with Gasteiger partial charge in [-0.3, -0.25) is 0 Å². The van der Waals surface area contributed by atoms with E-state index in [1.165, 1.54) is 46.1 Å². The average Bonchev–Trinajstić information content (AvgIpc) is 2.67. The normalized spacial score (nSPS) is 23.2. The Morgan fingerprint density at radius 2 is 1.90 bits per heavy atom. The predicted octanol–water partition coefficient (Wildman–Crippen LogP) is 3.32. The van der Waals surface area contributed by atoms with Gasteiger partial charge >= 0.3 is 0 Å². The van der Waals surface area contributed by atoms with E-state index in [1.54, 1.807) is 0 Å². The molecular weight excluding hydrogens is 436 g/mol. The van der Waals surface area contributed by atoms with E-state index in [0.29, 0.717) is 0 Å². The van der Waals surface area contributed by atoms with E-state index in [9.17, 15) is 17.2 Å². The van der Waals surface area contributed by atoms with Crippen LogP contribution in [0.15, 0.2) is 35.6 Å². The van der Waals surface area contributed by atoms with Crippen LogP contribution in [0.3, 0.4) is 0 Å². The topological polar surface area (TPSA) is 102 Å². The zero-order valence-corrected chi connectivity index (χ0v) is 18.3. The number of nitrogens with zero attached hydrogens (tertiary/aromatic N) is 4. The minimum Gasteiger partial charge on any atom is -0.369 e. The van der Waals surface area contributed by atoms with E-state index >= 15 is 0 Å². The van der Waals surface area contributed by atoms with Crippen LogP contribution in [0.25, 0.3) is 11.9 Å². The van der Waals surface area contributed by atoms with E-state index in [1.807, 2.05) is 0 Å². The number of aromatic nitrogens is 2. The molecule has 1 aliphatic heterocycles. The zero-order chi connectivity index (χ0) is 22.5. The number of hydrogen-bond acceptors (Lipinski definition) is 6. The van der Waals surface area contributed by atoms with Crippen molar-refractivity contribution in [3.63, 3.8) is 0 Å². The molecule has 0 saturated carbocycles. The fraction of sp³-hybridized carbons (Fsp3) is 0.316. The quantitative estimate of drug-likeness (QED) is 0.764. The van der Waals surface area contributed by atoms with Gasteiger partial charge in [0.25, 0.3) is 0 Å². The highest BCUT2D eigenvalue weighted by Crippen LogP contribution is 2.46. The van der Waals surface area contributed by atoms with E-state index in [-0.39, 0.29) is 27.9 Å². The summed E-state index contributed by atoms with van der Waals surface area (Å²) in [6, 6.07) is 3.83. The molecule has 2 aromatic rings. The summed E-state index contributed by atoms with van der Waals surface area (Å²) in [6.45, 7) is 4.37. The molecule has 11 heteroatoms. The van der Waals surface area contributed by atoms with E-state index in [2.05, 4.69) is 15.0 Å². The lowest BCUT2D eigenvalue weighted by Gasteiger charge is -2.46. The Morgan fingerprint density at radius 3 is 2.50 bits per heavy atom. The van der Waals surface area contributed by atoms with Gasteiger partial charge in [-0.05, 0) is 44.5 Å². The molecule has 2 heterocycles. The fourth-order valence-corrected chi connectivity index (χ4v) is 4.92. The second kappa shape index (κ2) is 7.28. The Kier molecular flexibility index (Phi) is 5.36. The van der Waals surface area contributed by atoms with Gasteiger partial charge in [-0.1, -0.05) is 17.7 Å². The van der Waals surface area contributed by atoms with Crippen LogP contribution >= 0.6 is 11.6 Å². The van der Waals surface area contributed by atoms with Crippen LogP contribution in [-0.2, 0) is 15.6 Å². The largest absolute Gasteiger partial charge is 0.369 e. The molecule has 0 unspecified atom stereocenters. The van der Waals surface area contributed by atoms with Crippen LogP contribution in [0, 0.1) is 5.82 Å². The average molecular weight is 456 g/mol. The molecule has 0 saturated heterocycles. The van der Waals surface area contributed by atoms with Gasteiger partial charge in [0.15, 0.2) is 5.83 Å². The molecule has 0 radical (unpaired) electrons. The smallest absolute Gasteiger partial charge is 0.245 e. The Morgan fingerprint density at radius 1 is 1.23 bits per heavy atom. The molecule has 7 nitrogen and oxygen atoms in total. The van der Waals surface area contributed by atoms with Crippen LogP contribution in [0.5, 0.6) is 0 Å². The molecule has 3 rings (SSSR count). The van der Waals surface area contributed by atoms with E-state index in [4.69, 9.17) is 17.3 Å². The van der Waals surface area contributed by atoms with Gasteiger partial charge in [0.2, 0.25) is 16.0 Å². The summed E-state index contributed by atoms with van der Waals surface area (Å²) in [5.74, 6) is -1.68. The monoisotopic (exact) mass is 455 g/mol. The van der Waals surface area contributed by atoms with Crippen LogP contribution < -0.4 is 5.73 Å². The molecule has 0 aliphatic carbocycles. The summed E-state index contributed by atoms with van der Waals surface area (Å²) in [5.41, 5.74) is 4.45. The third-order valence-corrected chi connectivity index (χ3v) is 8.30. The number of halogens is 3. The Bertz CT molecular complexity index is 1170. The van der Waals surface area contributed by atoms with Gasteiger partial charge in [-0.2, -0.15) is 0 Å². The summed E-state index contributed by atoms with van der Waals surface area (Å²) in [5, 5.41) is 0.115. The standard InChI is InChI=1S/C19H20ClF2N5O2S/c1-18(2)19(3,26-17(23)27(4)30(18,28)29)12-7-11(5-6-13(12)21)8-14(22)15-9-25-16(20)10-24-15/h5-10H,1-4H3,(H2,23,26)/b14-8-/t19-/m1/s1. The third-order valence-electron chi connectivity index (χ3n) is 5.51. The summed E-state index contributed by atoms with van der Waals surface area (Å²) >= 11 is 5.66. The molecule has 2 N–H and O–H groups in total.